The Morgan fingerprint density at radius 2 is 1.95 bits per heavy atom. The molecule has 2 rings (SSSR count). The highest BCUT2D eigenvalue weighted by Crippen LogP contribution is 2.20. The van der Waals surface area contributed by atoms with Crippen molar-refractivity contribution in [2.75, 3.05) is 26.7 Å². The first-order valence-corrected chi connectivity index (χ1v) is 8.06. The van der Waals surface area contributed by atoms with E-state index in [2.05, 4.69) is 49.2 Å². The first-order chi connectivity index (χ1) is 9.96. The molecule has 0 aromatic heterocycles. The fourth-order valence-electron chi connectivity index (χ4n) is 2.83. The van der Waals surface area contributed by atoms with Gasteiger partial charge in [-0.1, -0.05) is 12.1 Å². The van der Waals surface area contributed by atoms with Gasteiger partial charge in [-0.2, -0.15) is 0 Å². The van der Waals surface area contributed by atoms with Crippen molar-refractivity contribution in [3.05, 3.63) is 29.8 Å². The molecule has 3 heteroatoms. The molecule has 0 amide bonds. The van der Waals surface area contributed by atoms with Gasteiger partial charge in [0.1, 0.15) is 5.75 Å². The summed E-state index contributed by atoms with van der Waals surface area (Å²) in [5.41, 5.74) is 1.58. The van der Waals surface area contributed by atoms with Crippen LogP contribution in [0, 0.1) is 5.92 Å². The summed E-state index contributed by atoms with van der Waals surface area (Å²) in [6.07, 6.45) is 2.60. The van der Waals surface area contributed by atoms with Crippen molar-refractivity contribution in [3.8, 4) is 5.75 Å². The number of hydrogen-bond donors (Lipinski definition) is 1. The number of likely N-dealkylation sites (tertiary alicyclic amines) is 1. The van der Waals surface area contributed by atoms with Crippen LogP contribution in [0.15, 0.2) is 24.3 Å². The molecule has 1 aromatic rings. The summed E-state index contributed by atoms with van der Waals surface area (Å²) >= 11 is 0. The second-order valence-electron chi connectivity index (χ2n) is 7.20. The molecule has 1 aliphatic rings. The Labute approximate surface area is 129 Å². The van der Waals surface area contributed by atoms with Crippen molar-refractivity contribution in [1.82, 2.24) is 10.2 Å². The van der Waals surface area contributed by atoms with Crippen molar-refractivity contribution in [3.63, 3.8) is 0 Å². The molecule has 1 aliphatic heterocycles. The first-order valence-electron chi connectivity index (χ1n) is 8.06. The molecular formula is C18H30N2O. The van der Waals surface area contributed by atoms with Crippen LogP contribution in [-0.2, 0) is 6.54 Å². The van der Waals surface area contributed by atoms with Gasteiger partial charge in [0.25, 0.3) is 0 Å². The molecule has 1 saturated heterocycles. The number of nitrogens with one attached hydrogen (secondary N) is 1. The lowest BCUT2D eigenvalue weighted by Gasteiger charge is -2.33. The molecule has 0 atom stereocenters. The zero-order chi connectivity index (χ0) is 15.3. The fourth-order valence-corrected chi connectivity index (χ4v) is 2.83. The van der Waals surface area contributed by atoms with Gasteiger partial charge in [-0.05, 0) is 76.9 Å². The molecule has 1 fully saturated rings. The lowest BCUT2D eigenvalue weighted by Crippen LogP contribution is -2.42. The van der Waals surface area contributed by atoms with Crippen molar-refractivity contribution in [2.24, 2.45) is 5.92 Å². The molecule has 0 aliphatic carbocycles. The monoisotopic (exact) mass is 290 g/mol. The smallest absolute Gasteiger partial charge is 0.119 e. The molecule has 0 radical (unpaired) electrons. The SMILES string of the molecule is COc1cccc(CN2CCC(CNC(C)(C)C)CC2)c1. The first kappa shape index (κ1) is 16.3. The number of benzene rings is 1. The molecule has 1 N–H and O–H groups in total. The van der Waals surface area contributed by atoms with E-state index in [9.17, 15) is 0 Å². The van der Waals surface area contributed by atoms with E-state index in [-0.39, 0.29) is 5.54 Å². The third kappa shape index (κ3) is 5.68. The molecule has 0 spiro atoms. The highest BCUT2D eigenvalue weighted by Gasteiger charge is 2.20. The Morgan fingerprint density at radius 1 is 1.24 bits per heavy atom. The summed E-state index contributed by atoms with van der Waals surface area (Å²) in [6, 6.07) is 8.42. The minimum Gasteiger partial charge on any atom is -0.497 e. The summed E-state index contributed by atoms with van der Waals surface area (Å²) in [4.78, 5) is 2.56. The van der Waals surface area contributed by atoms with Crippen molar-refractivity contribution >= 4 is 0 Å². The lowest BCUT2D eigenvalue weighted by atomic mass is 9.95. The second-order valence-corrected chi connectivity index (χ2v) is 7.20. The third-order valence-electron chi connectivity index (χ3n) is 4.17. The van der Waals surface area contributed by atoms with Crippen LogP contribution in [0.4, 0.5) is 0 Å². The standard InChI is InChI=1S/C18H30N2O/c1-18(2,3)19-13-15-8-10-20(11-9-15)14-16-6-5-7-17(12-16)21-4/h5-7,12,15,19H,8-11,13-14H2,1-4H3. The molecule has 118 valence electrons. The number of hydrogen-bond acceptors (Lipinski definition) is 3. The fraction of sp³-hybridized carbons (Fsp3) is 0.667. The summed E-state index contributed by atoms with van der Waals surface area (Å²) < 4.78 is 5.30. The van der Waals surface area contributed by atoms with Crippen LogP contribution in [-0.4, -0.2) is 37.2 Å². The normalized spacial score (nSPS) is 17.9. The summed E-state index contributed by atoms with van der Waals surface area (Å²) in [5, 5.41) is 3.64. The third-order valence-corrected chi connectivity index (χ3v) is 4.17. The van der Waals surface area contributed by atoms with Gasteiger partial charge in [0.05, 0.1) is 7.11 Å². The van der Waals surface area contributed by atoms with Gasteiger partial charge in [0, 0.05) is 12.1 Å². The van der Waals surface area contributed by atoms with E-state index in [0.29, 0.717) is 0 Å². The zero-order valence-electron chi connectivity index (χ0n) is 14.0. The van der Waals surface area contributed by atoms with E-state index in [1.165, 1.54) is 31.5 Å². The summed E-state index contributed by atoms with van der Waals surface area (Å²) in [6.45, 7) is 11.3. The average molecular weight is 290 g/mol. The zero-order valence-corrected chi connectivity index (χ0v) is 14.0. The predicted octanol–water partition coefficient (Wildman–Crippen LogP) is 3.30. The molecule has 1 heterocycles. The van der Waals surface area contributed by atoms with Crippen LogP contribution >= 0.6 is 0 Å². The Bertz CT molecular complexity index is 431. The van der Waals surface area contributed by atoms with Gasteiger partial charge in [0.15, 0.2) is 0 Å². The molecule has 0 unspecified atom stereocenters. The summed E-state index contributed by atoms with van der Waals surface area (Å²) in [7, 11) is 1.73. The van der Waals surface area contributed by atoms with Gasteiger partial charge in [-0.3, -0.25) is 4.90 Å². The summed E-state index contributed by atoms with van der Waals surface area (Å²) in [5.74, 6) is 1.78. The maximum atomic E-state index is 5.30. The molecule has 21 heavy (non-hydrogen) atoms. The van der Waals surface area contributed by atoms with Crippen LogP contribution in [0.25, 0.3) is 0 Å². The van der Waals surface area contributed by atoms with Gasteiger partial charge < -0.3 is 10.1 Å². The van der Waals surface area contributed by atoms with Gasteiger partial charge in [-0.15, -0.1) is 0 Å². The van der Waals surface area contributed by atoms with Gasteiger partial charge >= 0.3 is 0 Å². The lowest BCUT2D eigenvalue weighted by molar-refractivity contribution is 0.170. The number of nitrogens with zero attached hydrogens (tertiary/aromatic N) is 1. The van der Waals surface area contributed by atoms with Gasteiger partial charge in [-0.25, -0.2) is 0 Å². The molecule has 3 nitrogen and oxygen atoms in total. The van der Waals surface area contributed by atoms with E-state index in [0.717, 1.165) is 24.8 Å². The Morgan fingerprint density at radius 3 is 2.57 bits per heavy atom. The largest absolute Gasteiger partial charge is 0.497 e. The minimum atomic E-state index is 0.234. The van der Waals surface area contributed by atoms with Gasteiger partial charge in [0.2, 0.25) is 0 Å². The van der Waals surface area contributed by atoms with E-state index in [4.69, 9.17) is 4.74 Å². The molecule has 0 saturated carbocycles. The van der Waals surface area contributed by atoms with Crippen LogP contribution in [0.5, 0.6) is 5.75 Å². The number of methoxy groups -OCH3 is 1. The van der Waals surface area contributed by atoms with Crippen LogP contribution in [0.1, 0.15) is 39.2 Å². The molecule has 1 aromatic carbocycles. The topological polar surface area (TPSA) is 24.5 Å². The Kier molecular flexibility index (Phi) is 5.65. The van der Waals surface area contributed by atoms with Crippen LogP contribution in [0.2, 0.25) is 0 Å². The van der Waals surface area contributed by atoms with E-state index in [1.54, 1.807) is 7.11 Å². The minimum absolute atomic E-state index is 0.234. The number of piperidine rings is 1. The van der Waals surface area contributed by atoms with E-state index >= 15 is 0 Å². The highest BCUT2D eigenvalue weighted by molar-refractivity contribution is 5.28. The number of ether oxygens (including phenoxy) is 1. The average Bonchev–Trinajstić information content (AvgIpc) is 2.46. The maximum absolute atomic E-state index is 5.30. The van der Waals surface area contributed by atoms with Crippen molar-refractivity contribution in [1.29, 1.82) is 0 Å². The van der Waals surface area contributed by atoms with Crippen LogP contribution in [0.3, 0.4) is 0 Å². The Balaban J connectivity index is 1.76. The number of rotatable bonds is 5. The van der Waals surface area contributed by atoms with E-state index in [1.807, 2.05) is 6.07 Å². The molecule has 0 bridgehead atoms. The predicted molar refractivity (Wildman–Crippen MR) is 88.8 cm³/mol. The van der Waals surface area contributed by atoms with E-state index < -0.39 is 0 Å². The second kappa shape index (κ2) is 7.28. The maximum Gasteiger partial charge on any atom is 0.119 e. The van der Waals surface area contributed by atoms with Crippen LogP contribution < -0.4 is 10.1 Å². The van der Waals surface area contributed by atoms with Crippen molar-refractivity contribution < 1.29 is 4.74 Å². The van der Waals surface area contributed by atoms with Crippen molar-refractivity contribution in [2.45, 2.75) is 45.7 Å². The Hall–Kier alpha value is -1.06. The highest BCUT2D eigenvalue weighted by atomic mass is 16.5. The molecular weight excluding hydrogens is 260 g/mol. The quantitative estimate of drug-likeness (QED) is 0.900.